The predicted molar refractivity (Wildman–Crippen MR) is 127 cm³/mol. The Morgan fingerprint density at radius 1 is 1.00 bits per heavy atom. The number of carbonyl (C=O) groups is 2. The Bertz CT molecular complexity index is 550. The van der Waals surface area contributed by atoms with E-state index in [0.717, 1.165) is 5.69 Å². The maximum absolute atomic E-state index is 10.4. The summed E-state index contributed by atoms with van der Waals surface area (Å²) in [6, 6.07) is 0. The number of nitrogens with two attached hydrogens (primary N) is 2. The summed E-state index contributed by atoms with van der Waals surface area (Å²) < 4.78 is 0. The first-order chi connectivity index (χ1) is 14.6. The highest BCUT2D eigenvalue weighted by molar-refractivity contribution is 5.75. The van der Waals surface area contributed by atoms with Crippen LogP contribution in [0.4, 0.5) is 0 Å². The predicted octanol–water partition coefficient (Wildman–Crippen LogP) is 4.05. The lowest BCUT2D eigenvalue weighted by atomic mass is 10.1. The smallest absolute Gasteiger partial charge is 0.306 e. The van der Waals surface area contributed by atoms with Gasteiger partial charge in [0, 0.05) is 24.9 Å². The van der Waals surface area contributed by atoms with Crippen LogP contribution in [0.2, 0.25) is 0 Å². The molecule has 31 heavy (non-hydrogen) atoms. The molecule has 0 aromatic carbocycles. The van der Waals surface area contributed by atoms with Gasteiger partial charge in [-0.1, -0.05) is 67.2 Å². The van der Waals surface area contributed by atoms with Gasteiger partial charge in [-0.05, 0) is 12.8 Å². The minimum absolute atomic E-state index is 0.0537. The molecule has 2 atom stereocenters. The largest absolute Gasteiger partial charge is 0.481 e. The van der Waals surface area contributed by atoms with Gasteiger partial charge >= 0.3 is 11.9 Å². The van der Waals surface area contributed by atoms with E-state index in [9.17, 15) is 9.59 Å². The van der Waals surface area contributed by atoms with Crippen LogP contribution in [0.25, 0.3) is 0 Å². The number of unbranched alkanes of at least 4 members (excludes halogenated alkanes) is 2. The first-order valence-corrected chi connectivity index (χ1v) is 11.0. The average molecular weight is 444 g/mol. The topological polar surface area (TPSA) is 168 Å². The molecular formula is C22H45N5O4. The standard InChI is InChI=1S/C7H15N3O2.C7H10N2O2.2C4H10/c1-5(6(11)12)3-2-4-10-7(8)9;1-5(7(10)11)2-6-3-8-4-9-6;2*1-3-4-2/h5H,2-4H2,1H3,(H,11,12)(H4,8,9,10);3-5H,2H2,1H3,(H,8,9)(H,10,11);2*3-4H2,1-2H3. The lowest BCUT2D eigenvalue weighted by Gasteiger charge is -2.02. The molecule has 7 N–H and O–H groups in total. The number of hydrogen-bond donors (Lipinski definition) is 5. The highest BCUT2D eigenvalue weighted by atomic mass is 16.4. The molecule has 0 spiro atoms. The number of aliphatic imine (C=N–C) groups is 1. The van der Waals surface area contributed by atoms with Crippen molar-refractivity contribution in [3.8, 4) is 0 Å². The Morgan fingerprint density at radius 2 is 1.48 bits per heavy atom. The number of aromatic amines is 1. The number of H-pyrrole nitrogens is 1. The van der Waals surface area contributed by atoms with E-state index < -0.39 is 11.9 Å². The Morgan fingerprint density at radius 3 is 1.81 bits per heavy atom. The van der Waals surface area contributed by atoms with Crippen LogP contribution in [0.1, 0.15) is 85.8 Å². The van der Waals surface area contributed by atoms with E-state index in [1.807, 2.05) is 0 Å². The van der Waals surface area contributed by atoms with Gasteiger partial charge in [-0.15, -0.1) is 0 Å². The molecule has 9 nitrogen and oxygen atoms in total. The minimum Gasteiger partial charge on any atom is -0.481 e. The Labute approximate surface area is 187 Å². The second-order valence-corrected chi connectivity index (χ2v) is 7.21. The molecule has 1 aromatic heterocycles. The maximum Gasteiger partial charge on any atom is 0.306 e. The third-order valence-electron chi connectivity index (χ3n) is 4.01. The summed E-state index contributed by atoms with van der Waals surface area (Å²) in [5.74, 6) is -2.17. The molecule has 1 rings (SSSR count). The molecule has 182 valence electrons. The average Bonchev–Trinajstić information content (AvgIpc) is 3.24. The van der Waals surface area contributed by atoms with Crippen molar-refractivity contribution >= 4 is 17.9 Å². The van der Waals surface area contributed by atoms with Gasteiger partial charge in [-0.25, -0.2) is 4.98 Å². The summed E-state index contributed by atoms with van der Waals surface area (Å²) in [6.45, 7) is 12.6. The second kappa shape index (κ2) is 23.7. The van der Waals surface area contributed by atoms with Gasteiger partial charge in [-0.3, -0.25) is 14.6 Å². The van der Waals surface area contributed by atoms with Gasteiger partial charge < -0.3 is 26.7 Å². The van der Waals surface area contributed by atoms with Gasteiger partial charge in [0.25, 0.3) is 0 Å². The van der Waals surface area contributed by atoms with Gasteiger partial charge in [0.2, 0.25) is 0 Å². The molecule has 0 saturated carbocycles. The molecule has 0 bridgehead atoms. The van der Waals surface area contributed by atoms with Gasteiger partial charge in [0.1, 0.15) is 0 Å². The summed E-state index contributed by atoms with van der Waals surface area (Å²) in [6.07, 6.45) is 10.3. The highest BCUT2D eigenvalue weighted by Gasteiger charge is 2.11. The number of rotatable bonds is 10. The van der Waals surface area contributed by atoms with Crippen LogP contribution in [-0.2, 0) is 16.0 Å². The van der Waals surface area contributed by atoms with Crippen LogP contribution in [0.15, 0.2) is 17.5 Å². The second-order valence-electron chi connectivity index (χ2n) is 7.21. The van der Waals surface area contributed by atoms with Crippen molar-refractivity contribution in [1.29, 1.82) is 0 Å². The fraction of sp³-hybridized carbons (Fsp3) is 0.727. The van der Waals surface area contributed by atoms with E-state index in [0.29, 0.717) is 25.8 Å². The van der Waals surface area contributed by atoms with Crippen LogP contribution in [0, 0.1) is 11.8 Å². The third-order valence-corrected chi connectivity index (χ3v) is 4.01. The first-order valence-electron chi connectivity index (χ1n) is 11.0. The summed E-state index contributed by atoms with van der Waals surface area (Å²) in [7, 11) is 0. The summed E-state index contributed by atoms with van der Waals surface area (Å²) in [5, 5.41) is 17.1. The molecule has 2 unspecified atom stereocenters. The molecule has 1 heterocycles. The van der Waals surface area contributed by atoms with Crippen LogP contribution < -0.4 is 11.5 Å². The van der Waals surface area contributed by atoms with Gasteiger partial charge in [0.15, 0.2) is 5.96 Å². The number of carboxylic acids is 2. The monoisotopic (exact) mass is 443 g/mol. The summed E-state index contributed by atoms with van der Waals surface area (Å²) >= 11 is 0. The number of nitrogens with one attached hydrogen (secondary N) is 1. The van der Waals surface area contributed by atoms with E-state index in [4.69, 9.17) is 21.7 Å². The molecule has 0 saturated heterocycles. The van der Waals surface area contributed by atoms with E-state index in [2.05, 4.69) is 42.7 Å². The number of imidazole rings is 1. The van der Waals surface area contributed by atoms with Crippen molar-refractivity contribution in [3.05, 3.63) is 18.2 Å². The number of hydrogen-bond acceptors (Lipinski definition) is 4. The maximum atomic E-state index is 10.4. The van der Waals surface area contributed by atoms with Gasteiger partial charge in [-0.2, -0.15) is 0 Å². The number of nitrogens with zero attached hydrogens (tertiary/aromatic N) is 2. The van der Waals surface area contributed by atoms with Crippen LogP contribution >= 0.6 is 0 Å². The number of aromatic nitrogens is 2. The summed E-state index contributed by atoms with van der Waals surface area (Å²) in [4.78, 5) is 31.1. The van der Waals surface area contributed by atoms with Crippen molar-refractivity contribution in [3.63, 3.8) is 0 Å². The Balaban J connectivity index is -0.000000378. The Hall–Kier alpha value is -2.58. The zero-order valence-corrected chi connectivity index (χ0v) is 20.2. The van der Waals surface area contributed by atoms with Crippen LogP contribution in [-0.4, -0.2) is 44.6 Å². The van der Waals surface area contributed by atoms with Crippen LogP contribution in [0.5, 0.6) is 0 Å². The molecule has 9 heteroatoms. The lowest BCUT2D eigenvalue weighted by molar-refractivity contribution is -0.142. The van der Waals surface area contributed by atoms with Crippen molar-refractivity contribution < 1.29 is 19.8 Å². The zero-order valence-electron chi connectivity index (χ0n) is 20.2. The fourth-order valence-corrected chi connectivity index (χ4v) is 1.54. The zero-order chi connectivity index (χ0) is 24.7. The molecule has 0 aliphatic heterocycles. The van der Waals surface area contributed by atoms with Crippen LogP contribution in [0.3, 0.4) is 0 Å². The van der Waals surface area contributed by atoms with Gasteiger partial charge in [0.05, 0.1) is 18.2 Å². The van der Waals surface area contributed by atoms with E-state index >= 15 is 0 Å². The lowest BCUT2D eigenvalue weighted by Crippen LogP contribution is -2.23. The molecule has 0 aliphatic rings. The molecule has 0 fully saturated rings. The van der Waals surface area contributed by atoms with E-state index in [-0.39, 0.29) is 17.8 Å². The fourth-order valence-electron chi connectivity index (χ4n) is 1.54. The molecule has 0 radical (unpaired) electrons. The molecule has 0 aliphatic carbocycles. The normalized spacial score (nSPS) is 11.2. The number of guanidine groups is 1. The minimum atomic E-state index is -0.778. The third kappa shape index (κ3) is 27.4. The molecule has 0 amide bonds. The SMILES string of the molecule is CC(CCCN=C(N)N)C(=O)O.CC(Cc1cnc[nH]1)C(=O)O.CCCC.CCCC. The van der Waals surface area contributed by atoms with Crippen molar-refractivity contribution in [2.75, 3.05) is 6.54 Å². The van der Waals surface area contributed by atoms with E-state index in [1.165, 1.54) is 25.7 Å². The van der Waals surface area contributed by atoms with Crippen molar-refractivity contribution in [2.45, 2.75) is 86.5 Å². The summed E-state index contributed by atoms with van der Waals surface area (Å²) in [5.41, 5.74) is 11.0. The highest BCUT2D eigenvalue weighted by Crippen LogP contribution is 2.05. The van der Waals surface area contributed by atoms with Crippen molar-refractivity contribution in [1.82, 2.24) is 9.97 Å². The molecule has 1 aromatic rings. The van der Waals surface area contributed by atoms with E-state index in [1.54, 1.807) is 26.4 Å². The Kier molecular flexibility index (Phi) is 25.3. The van der Waals surface area contributed by atoms with Crippen molar-refractivity contribution in [2.24, 2.45) is 28.3 Å². The quantitative estimate of drug-likeness (QED) is 0.206. The number of carboxylic acid groups (broad SMARTS) is 2. The molecular weight excluding hydrogens is 398 g/mol. The number of aliphatic carboxylic acids is 2. The first kappa shape index (κ1) is 33.1.